The molecule has 0 amide bonds. The smallest absolute Gasteiger partial charge is 0.232 e. The Morgan fingerprint density at radius 1 is 0.880 bits per heavy atom. The lowest BCUT2D eigenvalue weighted by molar-refractivity contribution is 0.577. The minimum Gasteiger partial charge on any atom is -0.351 e. The summed E-state index contributed by atoms with van der Waals surface area (Å²) in [6.45, 7) is 3.98. The first-order valence-corrected chi connectivity index (χ1v) is 8.18. The van der Waals surface area contributed by atoms with Gasteiger partial charge < -0.3 is 10.6 Å². The first-order chi connectivity index (χ1) is 12.3. The van der Waals surface area contributed by atoms with Crippen molar-refractivity contribution in [1.82, 2.24) is 19.9 Å². The first-order valence-electron chi connectivity index (χ1n) is 8.18. The second-order valence-electron chi connectivity index (χ2n) is 6.03. The van der Waals surface area contributed by atoms with Crippen LogP contribution >= 0.6 is 0 Å². The molecule has 6 heteroatoms. The van der Waals surface area contributed by atoms with Crippen LogP contribution in [0.4, 0.5) is 17.6 Å². The molecule has 1 saturated carbocycles. The van der Waals surface area contributed by atoms with E-state index in [4.69, 9.17) is 0 Å². The predicted molar refractivity (Wildman–Crippen MR) is 98.6 cm³/mol. The highest BCUT2D eigenvalue weighted by atomic mass is 15.2. The molecule has 0 atom stereocenters. The molecule has 25 heavy (non-hydrogen) atoms. The van der Waals surface area contributed by atoms with E-state index in [1.807, 2.05) is 42.5 Å². The summed E-state index contributed by atoms with van der Waals surface area (Å²) < 4.78 is 0. The summed E-state index contributed by atoms with van der Waals surface area (Å²) >= 11 is 0. The number of pyridine rings is 1. The fraction of sp³-hybridized carbons (Fsp3) is 0.158. The molecule has 1 aliphatic rings. The summed E-state index contributed by atoms with van der Waals surface area (Å²) in [7, 11) is 0. The summed E-state index contributed by atoms with van der Waals surface area (Å²) in [5, 5.41) is 6.58. The van der Waals surface area contributed by atoms with Crippen LogP contribution in [0.3, 0.4) is 0 Å². The zero-order chi connectivity index (χ0) is 17.1. The van der Waals surface area contributed by atoms with Crippen LogP contribution in [0, 0.1) is 0 Å². The van der Waals surface area contributed by atoms with Gasteiger partial charge in [0.15, 0.2) is 5.82 Å². The van der Waals surface area contributed by atoms with Gasteiger partial charge in [-0.3, -0.25) is 4.98 Å². The van der Waals surface area contributed by atoms with Crippen molar-refractivity contribution in [3.05, 3.63) is 67.0 Å². The van der Waals surface area contributed by atoms with Crippen LogP contribution in [-0.4, -0.2) is 26.0 Å². The van der Waals surface area contributed by atoms with E-state index in [0.29, 0.717) is 23.8 Å². The molecule has 124 valence electrons. The van der Waals surface area contributed by atoms with Crippen LogP contribution in [0.5, 0.6) is 0 Å². The van der Waals surface area contributed by atoms with Crippen molar-refractivity contribution in [2.75, 3.05) is 10.6 Å². The van der Waals surface area contributed by atoms with Gasteiger partial charge >= 0.3 is 0 Å². The lowest BCUT2D eigenvalue weighted by Gasteiger charge is -2.29. The molecule has 1 aromatic carbocycles. The summed E-state index contributed by atoms with van der Waals surface area (Å²) in [6.07, 6.45) is 5.36. The van der Waals surface area contributed by atoms with Crippen molar-refractivity contribution >= 4 is 17.6 Å². The monoisotopic (exact) mass is 330 g/mol. The maximum absolute atomic E-state index is 4.58. The van der Waals surface area contributed by atoms with Gasteiger partial charge in [-0.15, -0.1) is 0 Å². The zero-order valence-electron chi connectivity index (χ0n) is 13.7. The first kappa shape index (κ1) is 15.3. The molecule has 0 aliphatic heterocycles. The van der Waals surface area contributed by atoms with E-state index < -0.39 is 0 Å². The lowest BCUT2D eigenvalue weighted by atomic mass is 9.88. The van der Waals surface area contributed by atoms with E-state index >= 15 is 0 Å². The third kappa shape index (κ3) is 3.63. The van der Waals surface area contributed by atoms with Crippen LogP contribution in [-0.2, 0) is 0 Å². The molecule has 2 N–H and O–H groups in total. The van der Waals surface area contributed by atoms with Gasteiger partial charge in [0.1, 0.15) is 0 Å². The van der Waals surface area contributed by atoms with E-state index in [9.17, 15) is 0 Å². The Labute approximate surface area is 146 Å². The molecule has 0 spiro atoms. The maximum atomic E-state index is 4.58. The summed E-state index contributed by atoms with van der Waals surface area (Å²) in [6, 6.07) is 14.0. The number of nitrogens with zero attached hydrogens (tertiary/aromatic N) is 4. The minimum absolute atomic E-state index is 0.340. The van der Waals surface area contributed by atoms with E-state index in [1.165, 1.54) is 5.57 Å². The molecule has 2 aromatic heterocycles. The summed E-state index contributed by atoms with van der Waals surface area (Å²) in [5.41, 5.74) is 3.08. The van der Waals surface area contributed by atoms with Crippen LogP contribution < -0.4 is 10.6 Å². The van der Waals surface area contributed by atoms with Gasteiger partial charge in [0.05, 0.1) is 0 Å². The molecule has 0 radical (unpaired) electrons. The van der Waals surface area contributed by atoms with Gasteiger partial charge in [-0.1, -0.05) is 42.5 Å². The average molecular weight is 330 g/mol. The van der Waals surface area contributed by atoms with Gasteiger partial charge in [-0.2, -0.15) is 15.0 Å². The van der Waals surface area contributed by atoms with Gasteiger partial charge in [0, 0.05) is 29.7 Å². The third-order valence-electron chi connectivity index (χ3n) is 4.01. The second kappa shape index (κ2) is 6.68. The Bertz CT molecular complexity index is 871. The number of benzene rings is 1. The van der Waals surface area contributed by atoms with Crippen LogP contribution in [0.1, 0.15) is 12.8 Å². The largest absolute Gasteiger partial charge is 0.351 e. The van der Waals surface area contributed by atoms with Gasteiger partial charge in [0.25, 0.3) is 0 Å². The van der Waals surface area contributed by atoms with Gasteiger partial charge in [-0.05, 0) is 25.0 Å². The second-order valence-corrected chi connectivity index (χ2v) is 6.03. The molecule has 6 nitrogen and oxygen atoms in total. The van der Waals surface area contributed by atoms with Crippen molar-refractivity contribution in [2.24, 2.45) is 0 Å². The van der Waals surface area contributed by atoms with Crippen LogP contribution in [0.25, 0.3) is 11.4 Å². The molecule has 1 aliphatic carbocycles. The van der Waals surface area contributed by atoms with E-state index in [1.54, 1.807) is 12.4 Å². The Morgan fingerprint density at radius 3 is 2.32 bits per heavy atom. The van der Waals surface area contributed by atoms with E-state index in [2.05, 4.69) is 37.1 Å². The minimum atomic E-state index is 0.340. The zero-order valence-corrected chi connectivity index (χ0v) is 13.7. The van der Waals surface area contributed by atoms with Crippen LogP contribution in [0.15, 0.2) is 67.0 Å². The number of nitrogens with one attached hydrogen (secondary N) is 2. The fourth-order valence-corrected chi connectivity index (χ4v) is 2.70. The van der Waals surface area contributed by atoms with Crippen LogP contribution in [0.2, 0.25) is 0 Å². The molecule has 3 aromatic rings. The number of anilines is 3. The molecule has 1 fully saturated rings. The van der Waals surface area contributed by atoms with E-state index in [0.717, 1.165) is 24.1 Å². The Balaban J connectivity index is 1.66. The summed E-state index contributed by atoms with van der Waals surface area (Å²) in [4.78, 5) is 17.7. The van der Waals surface area contributed by atoms with Crippen molar-refractivity contribution < 1.29 is 0 Å². The molecule has 0 unspecified atom stereocenters. The topological polar surface area (TPSA) is 75.6 Å². The van der Waals surface area contributed by atoms with Crippen molar-refractivity contribution in [1.29, 1.82) is 0 Å². The standard InChI is InChI=1S/C19H18N6/c1-13-11-16(12-13)22-19-24-17(14-5-3-2-4-6-14)23-18(25-19)21-15-7-9-20-10-8-15/h2-10,16H,1,11-12H2,(H2,20,21,22,23,24,25). The van der Waals surface area contributed by atoms with Crippen molar-refractivity contribution in [3.63, 3.8) is 0 Å². The number of aromatic nitrogens is 4. The highest BCUT2D eigenvalue weighted by Gasteiger charge is 2.22. The molecular formula is C19H18N6. The SMILES string of the molecule is C=C1CC(Nc2nc(Nc3ccncc3)nc(-c3ccccc3)n2)C1. The van der Waals surface area contributed by atoms with Gasteiger partial charge in [0.2, 0.25) is 11.9 Å². The number of hydrogen-bond acceptors (Lipinski definition) is 6. The third-order valence-corrected chi connectivity index (χ3v) is 4.01. The molecular weight excluding hydrogens is 312 g/mol. The molecule has 0 saturated heterocycles. The van der Waals surface area contributed by atoms with Crippen molar-refractivity contribution in [3.8, 4) is 11.4 Å². The highest BCUT2D eigenvalue weighted by Crippen LogP contribution is 2.28. The Kier molecular flexibility index (Phi) is 4.08. The Hall–Kier alpha value is -3.28. The van der Waals surface area contributed by atoms with Gasteiger partial charge in [-0.25, -0.2) is 0 Å². The molecule has 4 rings (SSSR count). The maximum Gasteiger partial charge on any atom is 0.232 e. The number of rotatable bonds is 5. The molecule has 0 bridgehead atoms. The quantitative estimate of drug-likeness (QED) is 0.693. The Morgan fingerprint density at radius 2 is 1.60 bits per heavy atom. The number of hydrogen-bond donors (Lipinski definition) is 2. The van der Waals surface area contributed by atoms with Crippen molar-refractivity contribution in [2.45, 2.75) is 18.9 Å². The molecule has 2 heterocycles. The fourth-order valence-electron chi connectivity index (χ4n) is 2.70. The van der Waals surface area contributed by atoms with E-state index in [-0.39, 0.29) is 0 Å². The normalized spacial score (nSPS) is 14.0. The lowest BCUT2D eigenvalue weighted by Crippen LogP contribution is -2.30. The average Bonchev–Trinajstić information content (AvgIpc) is 2.62. The highest BCUT2D eigenvalue weighted by molar-refractivity contribution is 5.60. The predicted octanol–water partition coefficient (Wildman–Crippen LogP) is 3.81. The summed E-state index contributed by atoms with van der Waals surface area (Å²) in [5.74, 6) is 1.71.